The zero-order valence-electron chi connectivity index (χ0n) is 8.48. The second-order valence-corrected chi connectivity index (χ2v) is 3.79. The average molecular weight is 192 g/mol. The van der Waals surface area contributed by atoms with Crippen LogP contribution in [0.1, 0.15) is 19.8 Å². The van der Waals surface area contributed by atoms with Crippen LogP contribution in [0.2, 0.25) is 0 Å². The van der Waals surface area contributed by atoms with Gasteiger partial charge in [-0.2, -0.15) is 4.98 Å². The molecule has 4 heteroatoms. The van der Waals surface area contributed by atoms with Gasteiger partial charge >= 0.3 is 0 Å². The molecule has 1 unspecified atom stereocenters. The molecule has 0 saturated carbocycles. The van der Waals surface area contributed by atoms with Crippen molar-refractivity contribution in [3.63, 3.8) is 0 Å². The smallest absolute Gasteiger partial charge is 0.227 e. The molecule has 0 aliphatic carbocycles. The van der Waals surface area contributed by atoms with E-state index in [1.807, 2.05) is 0 Å². The lowest BCUT2D eigenvalue weighted by Gasteiger charge is -2.15. The molecular weight excluding hydrogens is 176 g/mol. The standard InChI is InChI=1S/C10H16N4/c1-2-8-4-6-14(7-8)10-12-5-3-9(11)13-10/h3,5,8H,2,4,6-7H2,1H3,(H2,11,12,13). The fourth-order valence-corrected chi connectivity index (χ4v) is 1.86. The van der Waals surface area contributed by atoms with E-state index in [2.05, 4.69) is 21.8 Å². The van der Waals surface area contributed by atoms with E-state index in [-0.39, 0.29) is 0 Å². The fraction of sp³-hybridized carbons (Fsp3) is 0.600. The first-order chi connectivity index (χ1) is 6.79. The van der Waals surface area contributed by atoms with E-state index in [0.717, 1.165) is 25.0 Å². The van der Waals surface area contributed by atoms with Gasteiger partial charge in [0.2, 0.25) is 5.95 Å². The minimum absolute atomic E-state index is 0.551. The Labute approximate surface area is 84.2 Å². The van der Waals surface area contributed by atoms with Crippen molar-refractivity contribution in [1.82, 2.24) is 9.97 Å². The van der Waals surface area contributed by atoms with E-state index in [1.165, 1.54) is 12.8 Å². The number of aromatic nitrogens is 2. The van der Waals surface area contributed by atoms with Gasteiger partial charge in [-0.1, -0.05) is 13.3 Å². The molecule has 0 bridgehead atoms. The summed E-state index contributed by atoms with van der Waals surface area (Å²) in [4.78, 5) is 10.7. The van der Waals surface area contributed by atoms with Crippen molar-refractivity contribution in [3.05, 3.63) is 12.3 Å². The Hall–Kier alpha value is -1.32. The van der Waals surface area contributed by atoms with Crippen molar-refractivity contribution >= 4 is 11.8 Å². The first-order valence-electron chi connectivity index (χ1n) is 5.13. The SMILES string of the molecule is CCC1CCN(c2nccc(N)n2)C1. The van der Waals surface area contributed by atoms with Gasteiger partial charge in [-0.15, -0.1) is 0 Å². The van der Waals surface area contributed by atoms with Crippen molar-refractivity contribution in [2.24, 2.45) is 5.92 Å². The van der Waals surface area contributed by atoms with Crippen LogP contribution in [-0.4, -0.2) is 23.1 Å². The van der Waals surface area contributed by atoms with Crippen molar-refractivity contribution in [1.29, 1.82) is 0 Å². The van der Waals surface area contributed by atoms with Crippen molar-refractivity contribution < 1.29 is 0 Å². The minimum Gasteiger partial charge on any atom is -0.384 e. The predicted octanol–water partition coefficient (Wildman–Crippen LogP) is 1.30. The van der Waals surface area contributed by atoms with E-state index < -0.39 is 0 Å². The topological polar surface area (TPSA) is 55.0 Å². The Morgan fingerprint density at radius 2 is 2.50 bits per heavy atom. The average Bonchev–Trinajstić information content (AvgIpc) is 2.66. The highest BCUT2D eigenvalue weighted by Crippen LogP contribution is 2.22. The number of hydrogen-bond donors (Lipinski definition) is 1. The highest BCUT2D eigenvalue weighted by molar-refractivity contribution is 5.38. The van der Waals surface area contributed by atoms with E-state index in [1.54, 1.807) is 12.3 Å². The van der Waals surface area contributed by atoms with E-state index in [4.69, 9.17) is 5.73 Å². The van der Waals surface area contributed by atoms with Gasteiger partial charge in [0.1, 0.15) is 5.82 Å². The molecule has 0 radical (unpaired) electrons. The molecule has 1 fully saturated rings. The Morgan fingerprint density at radius 3 is 3.14 bits per heavy atom. The monoisotopic (exact) mass is 192 g/mol. The van der Waals surface area contributed by atoms with Gasteiger partial charge in [0.05, 0.1) is 0 Å². The highest BCUT2D eigenvalue weighted by Gasteiger charge is 2.22. The van der Waals surface area contributed by atoms with E-state index >= 15 is 0 Å². The summed E-state index contributed by atoms with van der Waals surface area (Å²) in [5.74, 6) is 2.12. The summed E-state index contributed by atoms with van der Waals surface area (Å²) in [5, 5.41) is 0. The van der Waals surface area contributed by atoms with Crippen LogP contribution in [0, 0.1) is 5.92 Å². The molecule has 76 valence electrons. The number of anilines is 2. The van der Waals surface area contributed by atoms with Gasteiger partial charge in [0, 0.05) is 19.3 Å². The maximum absolute atomic E-state index is 5.62. The third-order valence-electron chi connectivity index (χ3n) is 2.81. The van der Waals surface area contributed by atoms with Crippen LogP contribution in [-0.2, 0) is 0 Å². The minimum atomic E-state index is 0.551. The summed E-state index contributed by atoms with van der Waals surface area (Å²) in [6.45, 7) is 4.36. The van der Waals surface area contributed by atoms with Gasteiger partial charge in [-0.25, -0.2) is 4.98 Å². The molecule has 0 aromatic carbocycles. The number of nitrogens with zero attached hydrogens (tertiary/aromatic N) is 3. The molecule has 1 aliphatic rings. The van der Waals surface area contributed by atoms with Gasteiger partial charge in [0.15, 0.2) is 0 Å². The summed E-state index contributed by atoms with van der Waals surface area (Å²) >= 11 is 0. The Kier molecular flexibility index (Phi) is 2.52. The number of rotatable bonds is 2. The Morgan fingerprint density at radius 1 is 1.64 bits per heavy atom. The van der Waals surface area contributed by atoms with E-state index in [9.17, 15) is 0 Å². The molecular formula is C10H16N4. The lowest BCUT2D eigenvalue weighted by molar-refractivity contribution is 0.568. The predicted molar refractivity (Wildman–Crippen MR) is 57.1 cm³/mol. The van der Waals surface area contributed by atoms with Gasteiger partial charge < -0.3 is 10.6 Å². The lowest BCUT2D eigenvalue weighted by Crippen LogP contribution is -2.22. The van der Waals surface area contributed by atoms with Gasteiger partial charge in [-0.05, 0) is 18.4 Å². The van der Waals surface area contributed by atoms with Crippen LogP contribution in [0.4, 0.5) is 11.8 Å². The lowest BCUT2D eigenvalue weighted by atomic mass is 10.1. The summed E-state index contributed by atoms with van der Waals surface area (Å²) in [7, 11) is 0. The van der Waals surface area contributed by atoms with Gasteiger partial charge in [-0.3, -0.25) is 0 Å². The fourth-order valence-electron chi connectivity index (χ4n) is 1.86. The molecule has 0 spiro atoms. The second-order valence-electron chi connectivity index (χ2n) is 3.79. The number of nitrogens with two attached hydrogens (primary N) is 1. The molecule has 2 heterocycles. The largest absolute Gasteiger partial charge is 0.384 e. The first kappa shape index (κ1) is 9.24. The van der Waals surface area contributed by atoms with Gasteiger partial charge in [0.25, 0.3) is 0 Å². The summed E-state index contributed by atoms with van der Waals surface area (Å²) in [5.41, 5.74) is 5.62. The molecule has 1 aromatic heterocycles. The quantitative estimate of drug-likeness (QED) is 0.767. The number of nitrogen functional groups attached to an aromatic ring is 1. The maximum atomic E-state index is 5.62. The normalized spacial score (nSPS) is 21.5. The Balaban J connectivity index is 2.09. The molecule has 2 N–H and O–H groups in total. The highest BCUT2D eigenvalue weighted by atomic mass is 15.3. The molecule has 2 rings (SSSR count). The molecule has 4 nitrogen and oxygen atoms in total. The second kappa shape index (κ2) is 3.82. The third-order valence-corrected chi connectivity index (χ3v) is 2.81. The van der Waals surface area contributed by atoms with Crippen LogP contribution < -0.4 is 10.6 Å². The molecule has 1 aliphatic heterocycles. The third kappa shape index (κ3) is 1.78. The summed E-state index contributed by atoms with van der Waals surface area (Å²) < 4.78 is 0. The van der Waals surface area contributed by atoms with Crippen LogP contribution in [0.3, 0.4) is 0 Å². The van der Waals surface area contributed by atoms with E-state index in [0.29, 0.717) is 5.82 Å². The zero-order valence-corrected chi connectivity index (χ0v) is 8.48. The van der Waals surface area contributed by atoms with Crippen LogP contribution >= 0.6 is 0 Å². The van der Waals surface area contributed by atoms with Crippen LogP contribution in [0.15, 0.2) is 12.3 Å². The Bertz CT molecular complexity index is 313. The molecule has 0 amide bonds. The summed E-state index contributed by atoms with van der Waals surface area (Å²) in [6, 6.07) is 1.72. The van der Waals surface area contributed by atoms with Crippen molar-refractivity contribution in [2.45, 2.75) is 19.8 Å². The molecule has 1 aromatic rings. The molecule has 1 atom stereocenters. The summed E-state index contributed by atoms with van der Waals surface area (Å²) in [6.07, 6.45) is 4.20. The maximum Gasteiger partial charge on any atom is 0.227 e. The van der Waals surface area contributed by atoms with Crippen molar-refractivity contribution in [3.8, 4) is 0 Å². The molecule has 1 saturated heterocycles. The molecule has 14 heavy (non-hydrogen) atoms. The zero-order chi connectivity index (χ0) is 9.97. The number of hydrogen-bond acceptors (Lipinski definition) is 4. The van der Waals surface area contributed by atoms with Crippen molar-refractivity contribution in [2.75, 3.05) is 23.7 Å². The van der Waals surface area contributed by atoms with Crippen LogP contribution in [0.25, 0.3) is 0 Å². The van der Waals surface area contributed by atoms with Crippen LogP contribution in [0.5, 0.6) is 0 Å². The first-order valence-corrected chi connectivity index (χ1v) is 5.13.